The van der Waals surface area contributed by atoms with Crippen molar-refractivity contribution in [3.05, 3.63) is 57.8 Å². The largest absolute Gasteiger partial charge is 0.496 e. The summed E-state index contributed by atoms with van der Waals surface area (Å²) in [5.74, 6) is 1.19. The van der Waals surface area contributed by atoms with Gasteiger partial charge < -0.3 is 9.47 Å². The SMILES string of the molecule is COc1cc(C(Br)c2ccc(F)cc2)c(OC)cc1Br. The Morgan fingerprint density at radius 3 is 2.15 bits per heavy atom. The van der Waals surface area contributed by atoms with E-state index in [1.165, 1.54) is 12.1 Å². The predicted octanol–water partition coefficient (Wildman–Crippen LogP) is 5.09. The number of rotatable bonds is 4. The highest BCUT2D eigenvalue weighted by molar-refractivity contribution is 9.10. The summed E-state index contributed by atoms with van der Waals surface area (Å²) in [6, 6.07) is 10.1. The van der Waals surface area contributed by atoms with Crippen LogP contribution in [0.25, 0.3) is 0 Å². The van der Waals surface area contributed by atoms with Gasteiger partial charge in [0, 0.05) is 5.56 Å². The van der Waals surface area contributed by atoms with Crippen molar-refractivity contribution < 1.29 is 13.9 Å². The Morgan fingerprint density at radius 2 is 1.60 bits per heavy atom. The molecule has 0 fully saturated rings. The van der Waals surface area contributed by atoms with Gasteiger partial charge in [0.1, 0.15) is 17.3 Å². The van der Waals surface area contributed by atoms with E-state index >= 15 is 0 Å². The third-order valence-corrected chi connectivity index (χ3v) is 4.58. The van der Waals surface area contributed by atoms with E-state index in [0.717, 1.165) is 21.3 Å². The number of hydrogen-bond donors (Lipinski definition) is 0. The van der Waals surface area contributed by atoms with Crippen LogP contribution in [-0.4, -0.2) is 14.2 Å². The molecular weight excluding hydrogens is 391 g/mol. The number of halogens is 3. The van der Waals surface area contributed by atoms with Crippen molar-refractivity contribution in [2.24, 2.45) is 0 Å². The normalized spacial score (nSPS) is 12.1. The molecule has 0 aliphatic rings. The third kappa shape index (κ3) is 3.15. The molecule has 0 bridgehead atoms. The summed E-state index contributed by atoms with van der Waals surface area (Å²) in [6.45, 7) is 0. The topological polar surface area (TPSA) is 18.5 Å². The molecule has 0 saturated heterocycles. The van der Waals surface area contributed by atoms with E-state index in [9.17, 15) is 4.39 Å². The molecule has 0 saturated carbocycles. The number of alkyl halides is 1. The van der Waals surface area contributed by atoms with Crippen LogP contribution in [0.4, 0.5) is 4.39 Å². The molecule has 106 valence electrons. The Balaban J connectivity index is 2.47. The lowest BCUT2D eigenvalue weighted by atomic mass is 10.0. The average molecular weight is 404 g/mol. The van der Waals surface area contributed by atoms with Crippen LogP contribution < -0.4 is 9.47 Å². The average Bonchev–Trinajstić information content (AvgIpc) is 2.47. The van der Waals surface area contributed by atoms with Gasteiger partial charge in [0.15, 0.2) is 0 Å². The number of hydrogen-bond acceptors (Lipinski definition) is 2. The first kappa shape index (κ1) is 15.3. The summed E-state index contributed by atoms with van der Waals surface area (Å²) >= 11 is 7.05. The zero-order chi connectivity index (χ0) is 14.7. The fourth-order valence-electron chi connectivity index (χ4n) is 1.89. The van der Waals surface area contributed by atoms with Crippen LogP contribution in [0.5, 0.6) is 11.5 Å². The van der Waals surface area contributed by atoms with Gasteiger partial charge in [0.05, 0.1) is 23.5 Å². The van der Waals surface area contributed by atoms with E-state index in [4.69, 9.17) is 9.47 Å². The maximum Gasteiger partial charge on any atom is 0.133 e. The summed E-state index contributed by atoms with van der Waals surface area (Å²) < 4.78 is 24.5. The predicted molar refractivity (Wildman–Crippen MR) is 84.4 cm³/mol. The van der Waals surface area contributed by atoms with E-state index in [2.05, 4.69) is 31.9 Å². The molecule has 0 heterocycles. The molecule has 0 radical (unpaired) electrons. The van der Waals surface area contributed by atoms with Gasteiger partial charge in [-0.05, 0) is 45.8 Å². The highest BCUT2D eigenvalue weighted by Crippen LogP contribution is 2.41. The fraction of sp³-hybridized carbons (Fsp3) is 0.200. The van der Waals surface area contributed by atoms with Crippen LogP contribution in [-0.2, 0) is 0 Å². The Labute approximate surface area is 134 Å². The molecule has 20 heavy (non-hydrogen) atoms. The first-order valence-electron chi connectivity index (χ1n) is 5.87. The first-order chi connectivity index (χ1) is 9.56. The standard InChI is InChI=1S/C15H13Br2FO2/c1-19-13-8-12(16)14(20-2)7-11(13)15(17)9-3-5-10(18)6-4-9/h3-8,15H,1-2H3. The van der Waals surface area contributed by atoms with Gasteiger partial charge in [0.25, 0.3) is 0 Å². The summed E-state index contributed by atoms with van der Waals surface area (Å²) in [4.78, 5) is -0.111. The number of methoxy groups -OCH3 is 2. The van der Waals surface area contributed by atoms with Crippen LogP contribution in [0.3, 0.4) is 0 Å². The van der Waals surface area contributed by atoms with Crippen LogP contribution in [0, 0.1) is 5.82 Å². The van der Waals surface area contributed by atoms with Crippen molar-refractivity contribution in [3.63, 3.8) is 0 Å². The quantitative estimate of drug-likeness (QED) is 0.662. The van der Waals surface area contributed by atoms with Gasteiger partial charge in [-0.2, -0.15) is 0 Å². The Kier molecular flexibility index (Phi) is 5.05. The minimum Gasteiger partial charge on any atom is -0.496 e. The maximum atomic E-state index is 13.0. The van der Waals surface area contributed by atoms with Gasteiger partial charge in [-0.15, -0.1) is 0 Å². The molecule has 0 aromatic heterocycles. The van der Waals surface area contributed by atoms with Crippen LogP contribution in [0.1, 0.15) is 16.0 Å². The Bertz CT molecular complexity index is 600. The van der Waals surface area contributed by atoms with E-state index in [1.807, 2.05) is 12.1 Å². The zero-order valence-electron chi connectivity index (χ0n) is 11.0. The van der Waals surface area contributed by atoms with Crippen molar-refractivity contribution in [2.75, 3.05) is 14.2 Å². The molecule has 0 aliphatic heterocycles. The second kappa shape index (κ2) is 6.59. The van der Waals surface area contributed by atoms with Crippen molar-refractivity contribution >= 4 is 31.9 Å². The smallest absolute Gasteiger partial charge is 0.133 e. The highest BCUT2D eigenvalue weighted by atomic mass is 79.9. The summed E-state index contributed by atoms with van der Waals surface area (Å²) in [6.07, 6.45) is 0. The molecule has 0 aliphatic carbocycles. The van der Waals surface area contributed by atoms with E-state index in [-0.39, 0.29) is 10.6 Å². The lowest BCUT2D eigenvalue weighted by molar-refractivity contribution is 0.397. The number of ether oxygens (including phenoxy) is 2. The summed E-state index contributed by atoms with van der Waals surface area (Å²) in [5, 5.41) is 0. The minimum atomic E-state index is -0.256. The van der Waals surface area contributed by atoms with Gasteiger partial charge >= 0.3 is 0 Å². The maximum absolute atomic E-state index is 13.0. The van der Waals surface area contributed by atoms with Crippen LogP contribution in [0.2, 0.25) is 0 Å². The molecule has 2 nitrogen and oxygen atoms in total. The summed E-state index contributed by atoms with van der Waals surface area (Å²) in [7, 11) is 3.22. The lowest BCUT2D eigenvalue weighted by Gasteiger charge is -2.17. The molecule has 2 aromatic carbocycles. The van der Waals surface area contributed by atoms with E-state index in [0.29, 0.717) is 5.75 Å². The molecule has 2 rings (SSSR count). The third-order valence-electron chi connectivity index (χ3n) is 2.94. The molecular formula is C15H13Br2FO2. The van der Waals surface area contributed by atoms with Crippen LogP contribution in [0.15, 0.2) is 40.9 Å². The molecule has 0 amide bonds. The van der Waals surface area contributed by atoms with E-state index in [1.54, 1.807) is 26.4 Å². The molecule has 0 N–H and O–H groups in total. The van der Waals surface area contributed by atoms with Crippen molar-refractivity contribution in [2.45, 2.75) is 4.83 Å². The van der Waals surface area contributed by atoms with Gasteiger partial charge in [-0.1, -0.05) is 28.1 Å². The Hall–Kier alpha value is -1.07. The van der Waals surface area contributed by atoms with E-state index < -0.39 is 0 Å². The molecule has 1 unspecified atom stereocenters. The van der Waals surface area contributed by atoms with Gasteiger partial charge in [-0.25, -0.2) is 4.39 Å². The minimum absolute atomic E-state index is 0.111. The van der Waals surface area contributed by atoms with Crippen molar-refractivity contribution in [1.82, 2.24) is 0 Å². The van der Waals surface area contributed by atoms with Crippen molar-refractivity contribution in [3.8, 4) is 11.5 Å². The first-order valence-corrected chi connectivity index (χ1v) is 7.58. The lowest BCUT2D eigenvalue weighted by Crippen LogP contribution is -1.99. The number of benzene rings is 2. The highest BCUT2D eigenvalue weighted by Gasteiger charge is 2.18. The molecule has 2 aromatic rings. The second-order valence-corrected chi connectivity index (χ2v) is 5.91. The molecule has 0 spiro atoms. The zero-order valence-corrected chi connectivity index (χ0v) is 14.2. The summed E-state index contributed by atoms with van der Waals surface area (Å²) in [5.41, 5.74) is 1.85. The van der Waals surface area contributed by atoms with Crippen LogP contribution >= 0.6 is 31.9 Å². The fourth-order valence-corrected chi connectivity index (χ4v) is 3.04. The Morgan fingerprint density at radius 1 is 1.00 bits per heavy atom. The van der Waals surface area contributed by atoms with Gasteiger partial charge in [0.2, 0.25) is 0 Å². The van der Waals surface area contributed by atoms with Gasteiger partial charge in [-0.3, -0.25) is 0 Å². The molecule has 5 heteroatoms. The van der Waals surface area contributed by atoms with Crippen molar-refractivity contribution in [1.29, 1.82) is 0 Å². The molecule has 1 atom stereocenters. The monoisotopic (exact) mass is 402 g/mol. The second-order valence-electron chi connectivity index (χ2n) is 4.14.